The summed E-state index contributed by atoms with van der Waals surface area (Å²) in [5, 5.41) is 3.53. The van der Waals surface area contributed by atoms with Crippen molar-refractivity contribution in [2.45, 2.75) is 51.9 Å². The molecule has 0 atom stereocenters. The van der Waals surface area contributed by atoms with Crippen LogP contribution in [0.4, 0.5) is 0 Å². The third-order valence-electron chi connectivity index (χ3n) is 3.20. The molecule has 0 saturated carbocycles. The Morgan fingerprint density at radius 1 is 1.00 bits per heavy atom. The molecule has 86 valence electrons. The molecule has 0 aromatic rings. The van der Waals surface area contributed by atoms with Crippen molar-refractivity contribution in [3.63, 3.8) is 0 Å². The van der Waals surface area contributed by atoms with Gasteiger partial charge >= 0.3 is 0 Å². The van der Waals surface area contributed by atoms with Crippen molar-refractivity contribution in [2.75, 3.05) is 20.8 Å². The van der Waals surface area contributed by atoms with Crippen molar-refractivity contribution in [3.05, 3.63) is 0 Å². The van der Waals surface area contributed by atoms with Crippen molar-refractivity contribution in [1.29, 1.82) is 0 Å². The van der Waals surface area contributed by atoms with Gasteiger partial charge in [0.2, 0.25) is 0 Å². The topological polar surface area (TPSA) is 30.5 Å². The number of nitrogens with one attached hydrogen (secondary N) is 1. The van der Waals surface area contributed by atoms with E-state index in [0.717, 1.165) is 25.8 Å². The highest BCUT2D eigenvalue weighted by molar-refractivity contribution is 4.83. The Labute approximate surface area is 88.2 Å². The first-order valence-corrected chi connectivity index (χ1v) is 5.48. The second-order valence-electron chi connectivity index (χ2n) is 3.62. The highest BCUT2D eigenvalue weighted by atomic mass is 16.7. The van der Waals surface area contributed by atoms with Crippen molar-refractivity contribution in [2.24, 2.45) is 0 Å². The molecule has 3 nitrogen and oxygen atoms in total. The third kappa shape index (κ3) is 3.95. The van der Waals surface area contributed by atoms with Crippen LogP contribution in [0.25, 0.3) is 0 Å². The maximum absolute atomic E-state index is 5.14. The summed E-state index contributed by atoms with van der Waals surface area (Å²) < 4.78 is 10.3. The molecule has 0 saturated heterocycles. The van der Waals surface area contributed by atoms with Gasteiger partial charge in [0.15, 0.2) is 6.29 Å². The van der Waals surface area contributed by atoms with Crippen LogP contribution in [0.15, 0.2) is 0 Å². The lowest BCUT2D eigenvalue weighted by atomic mass is 9.90. The summed E-state index contributed by atoms with van der Waals surface area (Å²) in [6, 6.07) is 0. The van der Waals surface area contributed by atoms with Gasteiger partial charge in [0.05, 0.1) is 0 Å². The first-order chi connectivity index (χ1) is 6.67. The van der Waals surface area contributed by atoms with E-state index in [4.69, 9.17) is 9.47 Å². The van der Waals surface area contributed by atoms with Crippen LogP contribution in [-0.2, 0) is 9.47 Å². The maximum atomic E-state index is 5.14. The van der Waals surface area contributed by atoms with Gasteiger partial charge in [-0.3, -0.25) is 0 Å². The summed E-state index contributed by atoms with van der Waals surface area (Å²) in [4.78, 5) is 0. The second-order valence-corrected chi connectivity index (χ2v) is 3.62. The van der Waals surface area contributed by atoms with Gasteiger partial charge in [-0.05, 0) is 19.3 Å². The fraction of sp³-hybridized carbons (Fsp3) is 1.00. The van der Waals surface area contributed by atoms with Crippen LogP contribution in [-0.4, -0.2) is 32.6 Å². The molecule has 0 aromatic carbocycles. The molecule has 14 heavy (non-hydrogen) atoms. The maximum Gasteiger partial charge on any atom is 0.169 e. The van der Waals surface area contributed by atoms with Crippen LogP contribution in [0, 0.1) is 0 Å². The minimum Gasteiger partial charge on any atom is -0.355 e. The zero-order valence-electron chi connectivity index (χ0n) is 10.2. The molecule has 0 rings (SSSR count). The highest BCUT2D eigenvalue weighted by Gasteiger charge is 2.23. The number of hydrogen-bond acceptors (Lipinski definition) is 3. The van der Waals surface area contributed by atoms with Crippen molar-refractivity contribution in [1.82, 2.24) is 5.32 Å². The zero-order valence-corrected chi connectivity index (χ0v) is 10.2. The van der Waals surface area contributed by atoms with Gasteiger partial charge in [-0.25, -0.2) is 0 Å². The van der Waals surface area contributed by atoms with E-state index in [2.05, 4.69) is 26.1 Å². The van der Waals surface area contributed by atoms with Crippen LogP contribution in [0.5, 0.6) is 0 Å². The SMILES string of the molecule is CCC(CC)(CC)NCC(OC)OC. The molecule has 0 aliphatic carbocycles. The van der Waals surface area contributed by atoms with E-state index in [0.29, 0.717) is 0 Å². The Hall–Kier alpha value is -0.120. The summed E-state index contributed by atoms with van der Waals surface area (Å²) in [5.74, 6) is 0. The average Bonchev–Trinajstić information content (AvgIpc) is 2.26. The van der Waals surface area contributed by atoms with Crippen LogP contribution < -0.4 is 5.32 Å². The molecule has 0 aromatic heterocycles. The Bertz CT molecular complexity index is 123. The first-order valence-electron chi connectivity index (χ1n) is 5.48. The number of rotatable bonds is 8. The summed E-state index contributed by atoms with van der Waals surface area (Å²) in [6.45, 7) is 7.40. The molecule has 0 amide bonds. The minimum absolute atomic E-state index is 0.140. The molecule has 3 heteroatoms. The lowest BCUT2D eigenvalue weighted by Crippen LogP contribution is -2.47. The largest absolute Gasteiger partial charge is 0.355 e. The van der Waals surface area contributed by atoms with E-state index in [1.165, 1.54) is 0 Å². The highest BCUT2D eigenvalue weighted by Crippen LogP contribution is 2.19. The third-order valence-corrected chi connectivity index (χ3v) is 3.20. The molecular formula is C11H25NO2. The Morgan fingerprint density at radius 2 is 1.43 bits per heavy atom. The van der Waals surface area contributed by atoms with E-state index in [1.54, 1.807) is 14.2 Å². The second kappa shape index (κ2) is 7.21. The Kier molecular flexibility index (Phi) is 7.15. The van der Waals surface area contributed by atoms with Gasteiger partial charge in [-0.1, -0.05) is 20.8 Å². The van der Waals surface area contributed by atoms with Gasteiger partial charge in [0.25, 0.3) is 0 Å². The van der Waals surface area contributed by atoms with Gasteiger partial charge < -0.3 is 14.8 Å². The van der Waals surface area contributed by atoms with Crippen molar-refractivity contribution >= 4 is 0 Å². The van der Waals surface area contributed by atoms with Crippen LogP contribution in [0.1, 0.15) is 40.0 Å². The summed E-state index contributed by atoms with van der Waals surface area (Å²) >= 11 is 0. The van der Waals surface area contributed by atoms with E-state index < -0.39 is 0 Å². The molecular weight excluding hydrogens is 178 g/mol. The van der Waals surface area contributed by atoms with Crippen molar-refractivity contribution in [3.8, 4) is 0 Å². The number of hydrogen-bond donors (Lipinski definition) is 1. The molecule has 0 radical (unpaired) electrons. The summed E-state index contributed by atoms with van der Waals surface area (Å²) in [7, 11) is 3.34. The molecule has 0 heterocycles. The molecule has 0 aliphatic heterocycles. The monoisotopic (exact) mass is 203 g/mol. The molecule has 0 unspecified atom stereocenters. The normalized spacial score (nSPS) is 12.4. The van der Waals surface area contributed by atoms with Crippen molar-refractivity contribution < 1.29 is 9.47 Å². The predicted molar refractivity (Wildman–Crippen MR) is 59.4 cm³/mol. The lowest BCUT2D eigenvalue weighted by molar-refractivity contribution is -0.102. The standard InChI is InChI=1S/C11H25NO2/c1-6-11(7-2,8-3)12-9-10(13-4)14-5/h10,12H,6-9H2,1-5H3. The van der Waals surface area contributed by atoms with E-state index in [1.807, 2.05) is 0 Å². The smallest absolute Gasteiger partial charge is 0.169 e. The summed E-state index contributed by atoms with van der Waals surface area (Å²) in [5.41, 5.74) is 0.245. The summed E-state index contributed by atoms with van der Waals surface area (Å²) in [6.07, 6.45) is 3.28. The molecule has 0 aliphatic rings. The van der Waals surface area contributed by atoms with Crippen LogP contribution >= 0.6 is 0 Å². The Balaban J connectivity index is 4.04. The van der Waals surface area contributed by atoms with Crippen LogP contribution in [0.2, 0.25) is 0 Å². The molecule has 1 N–H and O–H groups in total. The average molecular weight is 203 g/mol. The van der Waals surface area contributed by atoms with Gasteiger partial charge in [0, 0.05) is 26.3 Å². The van der Waals surface area contributed by atoms with Gasteiger partial charge in [-0.15, -0.1) is 0 Å². The predicted octanol–water partition coefficient (Wildman–Crippen LogP) is 2.16. The Morgan fingerprint density at radius 3 is 1.71 bits per heavy atom. The van der Waals surface area contributed by atoms with Crippen LogP contribution in [0.3, 0.4) is 0 Å². The molecule has 0 bridgehead atoms. The minimum atomic E-state index is -0.140. The fourth-order valence-corrected chi connectivity index (χ4v) is 1.69. The van der Waals surface area contributed by atoms with Gasteiger partial charge in [0.1, 0.15) is 0 Å². The van der Waals surface area contributed by atoms with E-state index in [9.17, 15) is 0 Å². The van der Waals surface area contributed by atoms with Gasteiger partial charge in [-0.2, -0.15) is 0 Å². The first kappa shape index (κ1) is 13.9. The fourth-order valence-electron chi connectivity index (χ4n) is 1.69. The van der Waals surface area contributed by atoms with E-state index >= 15 is 0 Å². The molecule has 0 fully saturated rings. The zero-order chi connectivity index (χ0) is 11.0. The quantitative estimate of drug-likeness (QED) is 0.613. The van der Waals surface area contributed by atoms with E-state index in [-0.39, 0.29) is 11.8 Å². The number of methoxy groups -OCH3 is 2. The molecule has 0 spiro atoms. The lowest BCUT2D eigenvalue weighted by Gasteiger charge is -2.33. The number of ether oxygens (including phenoxy) is 2.